The molecule has 5 nitrogen and oxygen atoms in total. The number of nitrogens with zero attached hydrogens (tertiary/aromatic N) is 2. The Balaban J connectivity index is 2.11. The predicted octanol–water partition coefficient (Wildman–Crippen LogP) is 2.34. The zero-order valence-corrected chi connectivity index (χ0v) is 12.0. The highest BCUT2D eigenvalue weighted by Crippen LogP contribution is 2.24. The summed E-state index contributed by atoms with van der Waals surface area (Å²) < 4.78 is 10.5. The Kier molecular flexibility index (Phi) is 4.90. The summed E-state index contributed by atoms with van der Waals surface area (Å²) in [5.41, 5.74) is 2.04. The lowest BCUT2D eigenvalue weighted by Gasteiger charge is -2.16. The van der Waals surface area contributed by atoms with E-state index in [0.29, 0.717) is 18.3 Å². The molecule has 0 bridgehead atoms. The fraction of sp³-hybridized carbons (Fsp3) is 0.333. The van der Waals surface area contributed by atoms with Gasteiger partial charge in [0.05, 0.1) is 19.8 Å². The van der Waals surface area contributed by atoms with E-state index in [-0.39, 0.29) is 6.04 Å². The van der Waals surface area contributed by atoms with E-state index < -0.39 is 0 Å². The van der Waals surface area contributed by atoms with Gasteiger partial charge in [0.1, 0.15) is 6.33 Å². The number of hydrogen-bond donors (Lipinski definition) is 1. The van der Waals surface area contributed by atoms with Crippen LogP contribution < -0.4 is 14.8 Å². The number of rotatable bonds is 6. The van der Waals surface area contributed by atoms with Crippen LogP contribution in [0.25, 0.3) is 0 Å². The second-order valence-corrected chi connectivity index (χ2v) is 4.38. The molecule has 0 saturated heterocycles. The fourth-order valence-electron chi connectivity index (χ4n) is 2.00. The van der Waals surface area contributed by atoms with Gasteiger partial charge in [-0.3, -0.25) is 0 Å². The molecule has 1 N–H and O–H groups in total. The summed E-state index contributed by atoms with van der Waals surface area (Å²) >= 11 is 0. The topological polar surface area (TPSA) is 56.3 Å². The Bertz CT molecular complexity index is 524. The van der Waals surface area contributed by atoms with Gasteiger partial charge in [-0.25, -0.2) is 9.97 Å². The molecule has 0 aliphatic rings. The lowest BCUT2D eigenvalue weighted by Crippen LogP contribution is -2.19. The van der Waals surface area contributed by atoms with E-state index >= 15 is 0 Å². The van der Waals surface area contributed by atoms with Gasteiger partial charge in [-0.15, -0.1) is 0 Å². The van der Waals surface area contributed by atoms with Crippen LogP contribution in [0.1, 0.15) is 24.1 Å². The molecule has 0 radical (unpaired) electrons. The third-order valence-corrected chi connectivity index (χ3v) is 3.14. The van der Waals surface area contributed by atoms with Crippen molar-refractivity contribution in [2.24, 2.45) is 0 Å². The molecule has 0 aliphatic carbocycles. The second kappa shape index (κ2) is 6.86. The van der Waals surface area contributed by atoms with Gasteiger partial charge in [-0.05, 0) is 12.5 Å². The van der Waals surface area contributed by atoms with Crippen LogP contribution in [0.3, 0.4) is 0 Å². The summed E-state index contributed by atoms with van der Waals surface area (Å²) in [6.45, 7) is 2.68. The number of ether oxygens (including phenoxy) is 2. The minimum atomic E-state index is 0.214. The SMILES string of the molecule is COc1ncnc(OC)c1CN[C@H](C)c1ccccc1. The average molecular weight is 273 g/mol. The summed E-state index contributed by atoms with van der Waals surface area (Å²) in [4.78, 5) is 8.21. The molecule has 0 aliphatic heterocycles. The molecule has 1 atom stereocenters. The molecule has 1 heterocycles. The minimum absolute atomic E-state index is 0.214. The van der Waals surface area contributed by atoms with E-state index in [9.17, 15) is 0 Å². The second-order valence-electron chi connectivity index (χ2n) is 4.38. The molecule has 5 heteroatoms. The summed E-state index contributed by atoms with van der Waals surface area (Å²) in [7, 11) is 3.18. The van der Waals surface area contributed by atoms with Gasteiger partial charge in [0.15, 0.2) is 0 Å². The zero-order chi connectivity index (χ0) is 14.4. The summed E-state index contributed by atoms with van der Waals surface area (Å²) in [5.74, 6) is 1.06. The highest BCUT2D eigenvalue weighted by molar-refractivity contribution is 5.34. The van der Waals surface area contributed by atoms with Gasteiger partial charge in [-0.2, -0.15) is 0 Å². The van der Waals surface area contributed by atoms with Crippen LogP contribution in [0, 0.1) is 0 Å². The van der Waals surface area contributed by atoms with Gasteiger partial charge >= 0.3 is 0 Å². The van der Waals surface area contributed by atoms with E-state index in [1.165, 1.54) is 11.9 Å². The molecule has 0 amide bonds. The molecule has 2 rings (SSSR count). The Labute approximate surface area is 119 Å². The molecule has 0 saturated carbocycles. The Morgan fingerprint density at radius 1 is 1.05 bits per heavy atom. The van der Waals surface area contributed by atoms with Gasteiger partial charge < -0.3 is 14.8 Å². The van der Waals surface area contributed by atoms with Crippen molar-refractivity contribution in [2.75, 3.05) is 14.2 Å². The molecule has 0 unspecified atom stereocenters. The molecule has 20 heavy (non-hydrogen) atoms. The van der Waals surface area contributed by atoms with Gasteiger partial charge in [0, 0.05) is 12.6 Å². The van der Waals surface area contributed by atoms with Crippen LogP contribution in [-0.4, -0.2) is 24.2 Å². The number of benzene rings is 1. The Morgan fingerprint density at radius 2 is 1.65 bits per heavy atom. The molecular formula is C15H19N3O2. The maximum Gasteiger partial charge on any atom is 0.224 e. The maximum absolute atomic E-state index is 5.25. The molecule has 106 valence electrons. The lowest BCUT2D eigenvalue weighted by atomic mass is 10.1. The third kappa shape index (κ3) is 3.24. The predicted molar refractivity (Wildman–Crippen MR) is 76.8 cm³/mol. The third-order valence-electron chi connectivity index (χ3n) is 3.14. The number of aromatic nitrogens is 2. The van der Waals surface area contributed by atoms with Gasteiger partial charge in [-0.1, -0.05) is 30.3 Å². The number of nitrogens with one attached hydrogen (secondary N) is 1. The average Bonchev–Trinajstić information content (AvgIpc) is 2.52. The van der Waals surface area contributed by atoms with Crippen LogP contribution in [0.2, 0.25) is 0 Å². The standard InChI is InChI=1S/C15H19N3O2/c1-11(12-7-5-4-6-8-12)16-9-13-14(19-2)17-10-18-15(13)20-3/h4-8,10-11,16H,9H2,1-3H3/t11-/m1/s1. The highest BCUT2D eigenvalue weighted by Gasteiger charge is 2.14. The number of hydrogen-bond acceptors (Lipinski definition) is 5. The van der Waals surface area contributed by atoms with Crippen molar-refractivity contribution in [1.82, 2.24) is 15.3 Å². The first kappa shape index (κ1) is 14.3. The first-order valence-electron chi connectivity index (χ1n) is 6.46. The monoisotopic (exact) mass is 273 g/mol. The minimum Gasteiger partial charge on any atom is -0.481 e. The summed E-state index contributed by atoms with van der Waals surface area (Å²) in [6.07, 6.45) is 1.43. The van der Waals surface area contributed by atoms with Crippen LogP contribution in [0.15, 0.2) is 36.7 Å². The van der Waals surface area contributed by atoms with Crippen molar-refractivity contribution in [3.63, 3.8) is 0 Å². The van der Waals surface area contributed by atoms with Crippen LogP contribution in [0.4, 0.5) is 0 Å². The van der Waals surface area contributed by atoms with E-state index in [0.717, 1.165) is 5.56 Å². The van der Waals surface area contributed by atoms with Crippen LogP contribution in [0.5, 0.6) is 11.8 Å². The zero-order valence-electron chi connectivity index (χ0n) is 12.0. The Morgan fingerprint density at radius 3 is 2.20 bits per heavy atom. The lowest BCUT2D eigenvalue weighted by molar-refractivity contribution is 0.357. The quantitative estimate of drug-likeness (QED) is 0.875. The van der Waals surface area contributed by atoms with Gasteiger partial charge in [0.25, 0.3) is 0 Å². The maximum atomic E-state index is 5.25. The highest BCUT2D eigenvalue weighted by atomic mass is 16.5. The largest absolute Gasteiger partial charge is 0.481 e. The summed E-state index contributed by atoms with van der Waals surface area (Å²) in [6, 6.07) is 10.5. The molecular weight excluding hydrogens is 254 g/mol. The van der Waals surface area contributed by atoms with Crippen LogP contribution >= 0.6 is 0 Å². The molecule has 1 aromatic heterocycles. The van der Waals surface area contributed by atoms with E-state index in [1.807, 2.05) is 18.2 Å². The normalized spacial score (nSPS) is 11.9. The first-order chi connectivity index (χ1) is 9.76. The van der Waals surface area contributed by atoms with E-state index in [2.05, 4.69) is 34.3 Å². The van der Waals surface area contributed by atoms with Crippen molar-refractivity contribution in [3.05, 3.63) is 47.8 Å². The fourth-order valence-corrected chi connectivity index (χ4v) is 2.00. The van der Waals surface area contributed by atoms with Crippen molar-refractivity contribution >= 4 is 0 Å². The molecule has 2 aromatic rings. The van der Waals surface area contributed by atoms with Crippen molar-refractivity contribution < 1.29 is 9.47 Å². The summed E-state index contributed by atoms with van der Waals surface area (Å²) in [5, 5.41) is 3.42. The Hall–Kier alpha value is -2.14. The van der Waals surface area contributed by atoms with E-state index in [4.69, 9.17) is 9.47 Å². The van der Waals surface area contributed by atoms with Crippen molar-refractivity contribution in [2.45, 2.75) is 19.5 Å². The van der Waals surface area contributed by atoms with Crippen molar-refractivity contribution in [1.29, 1.82) is 0 Å². The number of methoxy groups -OCH3 is 2. The van der Waals surface area contributed by atoms with Crippen LogP contribution in [-0.2, 0) is 6.54 Å². The van der Waals surface area contributed by atoms with Gasteiger partial charge in [0.2, 0.25) is 11.8 Å². The molecule has 0 fully saturated rings. The van der Waals surface area contributed by atoms with E-state index in [1.54, 1.807) is 14.2 Å². The molecule has 1 aromatic carbocycles. The first-order valence-corrected chi connectivity index (χ1v) is 6.46. The molecule has 0 spiro atoms. The van der Waals surface area contributed by atoms with Crippen molar-refractivity contribution in [3.8, 4) is 11.8 Å². The smallest absolute Gasteiger partial charge is 0.224 e.